The molecule has 0 aromatic carbocycles. The minimum Gasteiger partial charge on any atom is -0.327 e. The summed E-state index contributed by atoms with van der Waals surface area (Å²) in [6.07, 6.45) is 11.7. The van der Waals surface area contributed by atoms with E-state index in [1.807, 2.05) is 0 Å². The molecule has 110 valence electrons. The first kappa shape index (κ1) is 15.1. The normalized spacial score (nSPS) is 35.2. The van der Waals surface area contributed by atoms with Gasteiger partial charge in [0.05, 0.1) is 0 Å². The Kier molecular flexibility index (Phi) is 5.90. The van der Waals surface area contributed by atoms with Crippen molar-refractivity contribution in [1.82, 2.24) is 5.32 Å². The van der Waals surface area contributed by atoms with Gasteiger partial charge in [-0.1, -0.05) is 18.1 Å². The summed E-state index contributed by atoms with van der Waals surface area (Å²) in [5.41, 5.74) is 9.33. The molecule has 1 unspecified atom stereocenters. The molecule has 2 aliphatic rings. The van der Waals surface area contributed by atoms with Gasteiger partial charge in [0.1, 0.15) is 0 Å². The molecule has 2 rings (SSSR count). The van der Waals surface area contributed by atoms with Crippen LogP contribution in [0.15, 0.2) is 11.1 Å². The summed E-state index contributed by atoms with van der Waals surface area (Å²) in [5.74, 6) is 0.950. The summed E-state index contributed by atoms with van der Waals surface area (Å²) in [4.78, 5) is 0. The number of nitrogens with two attached hydrogens (primary N) is 1. The topological polar surface area (TPSA) is 38.0 Å². The van der Waals surface area contributed by atoms with Crippen LogP contribution in [-0.4, -0.2) is 18.6 Å². The average Bonchev–Trinajstić information content (AvgIpc) is 2.41. The molecule has 0 bridgehead atoms. The van der Waals surface area contributed by atoms with Gasteiger partial charge in [0, 0.05) is 12.1 Å². The van der Waals surface area contributed by atoms with Crippen molar-refractivity contribution in [1.29, 1.82) is 0 Å². The van der Waals surface area contributed by atoms with Crippen LogP contribution in [0.25, 0.3) is 0 Å². The molecule has 1 atom stereocenters. The number of hydrogen-bond acceptors (Lipinski definition) is 2. The first-order valence-corrected chi connectivity index (χ1v) is 8.31. The van der Waals surface area contributed by atoms with Crippen molar-refractivity contribution >= 4 is 0 Å². The van der Waals surface area contributed by atoms with E-state index in [1.165, 1.54) is 51.4 Å². The molecular weight excluding hydrogens is 232 g/mol. The second kappa shape index (κ2) is 7.44. The standard InChI is InChI=1S/C17H32N2/c1-13-6-8-17(9-7-13)19-11-10-14(2)15-4-3-5-16(18)12-15/h13,16-17,19H,3-12,18H2,1-2H3/b15-14+/t13-,16?,17-. The average molecular weight is 264 g/mol. The fourth-order valence-electron chi connectivity index (χ4n) is 3.59. The minimum absolute atomic E-state index is 0.423. The lowest BCUT2D eigenvalue weighted by molar-refractivity contribution is 0.308. The van der Waals surface area contributed by atoms with E-state index in [2.05, 4.69) is 19.2 Å². The van der Waals surface area contributed by atoms with Crippen LogP contribution in [0.3, 0.4) is 0 Å². The predicted octanol–water partition coefficient (Wildman–Crippen LogP) is 3.76. The Hall–Kier alpha value is -0.340. The highest BCUT2D eigenvalue weighted by atomic mass is 14.9. The molecule has 2 fully saturated rings. The summed E-state index contributed by atoms with van der Waals surface area (Å²) in [6, 6.07) is 1.20. The van der Waals surface area contributed by atoms with Gasteiger partial charge in [0.15, 0.2) is 0 Å². The molecule has 0 heterocycles. The van der Waals surface area contributed by atoms with Crippen molar-refractivity contribution in [3.05, 3.63) is 11.1 Å². The quantitative estimate of drug-likeness (QED) is 0.759. The van der Waals surface area contributed by atoms with Crippen LogP contribution in [0.5, 0.6) is 0 Å². The fourth-order valence-corrected chi connectivity index (χ4v) is 3.59. The lowest BCUT2D eigenvalue weighted by Crippen LogP contribution is -2.33. The molecule has 2 aliphatic carbocycles. The molecule has 0 aromatic rings. The molecule has 19 heavy (non-hydrogen) atoms. The third kappa shape index (κ3) is 4.92. The molecule has 2 saturated carbocycles. The smallest absolute Gasteiger partial charge is 0.00762 e. The molecule has 3 N–H and O–H groups in total. The maximum Gasteiger partial charge on any atom is 0.00762 e. The van der Waals surface area contributed by atoms with Crippen molar-refractivity contribution < 1.29 is 0 Å². The van der Waals surface area contributed by atoms with Crippen molar-refractivity contribution in [2.45, 2.75) is 83.7 Å². The third-order valence-electron chi connectivity index (χ3n) is 5.11. The van der Waals surface area contributed by atoms with Crippen molar-refractivity contribution in [3.8, 4) is 0 Å². The summed E-state index contributed by atoms with van der Waals surface area (Å²) < 4.78 is 0. The predicted molar refractivity (Wildman–Crippen MR) is 83.2 cm³/mol. The Labute approximate surface area is 119 Å². The monoisotopic (exact) mass is 264 g/mol. The van der Waals surface area contributed by atoms with Crippen LogP contribution < -0.4 is 11.1 Å². The number of hydrogen-bond donors (Lipinski definition) is 2. The fraction of sp³-hybridized carbons (Fsp3) is 0.882. The maximum absolute atomic E-state index is 6.07. The number of rotatable bonds is 4. The molecule has 2 heteroatoms. The van der Waals surface area contributed by atoms with Crippen LogP contribution in [0.4, 0.5) is 0 Å². The van der Waals surface area contributed by atoms with Crippen LogP contribution in [0.1, 0.15) is 71.6 Å². The Morgan fingerprint density at radius 1 is 1.21 bits per heavy atom. The molecule has 0 spiro atoms. The second-order valence-electron chi connectivity index (χ2n) is 6.90. The number of nitrogens with one attached hydrogen (secondary N) is 1. The van der Waals surface area contributed by atoms with E-state index in [0.29, 0.717) is 6.04 Å². The third-order valence-corrected chi connectivity index (χ3v) is 5.11. The van der Waals surface area contributed by atoms with Gasteiger partial charge < -0.3 is 11.1 Å². The zero-order valence-corrected chi connectivity index (χ0v) is 12.9. The summed E-state index contributed by atoms with van der Waals surface area (Å²) in [7, 11) is 0. The molecule has 0 radical (unpaired) electrons. The summed E-state index contributed by atoms with van der Waals surface area (Å²) in [5, 5.41) is 3.76. The van der Waals surface area contributed by atoms with Gasteiger partial charge in [-0.05, 0) is 77.2 Å². The zero-order valence-electron chi connectivity index (χ0n) is 12.9. The van der Waals surface area contributed by atoms with Crippen LogP contribution in [-0.2, 0) is 0 Å². The highest BCUT2D eigenvalue weighted by Crippen LogP contribution is 2.27. The largest absolute Gasteiger partial charge is 0.327 e. The van der Waals surface area contributed by atoms with Crippen molar-refractivity contribution in [3.63, 3.8) is 0 Å². The molecule has 0 aliphatic heterocycles. The van der Waals surface area contributed by atoms with Crippen LogP contribution in [0, 0.1) is 5.92 Å². The van der Waals surface area contributed by atoms with E-state index < -0.39 is 0 Å². The van der Waals surface area contributed by atoms with Gasteiger partial charge in [-0.15, -0.1) is 0 Å². The second-order valence-corrected chi connectivity index (χ2v) is 6.90. The molecule has 0 saturated heterocycles. The van der Waals surface area contributed by atoms with E-state index in [-0.39, 0.29) is 0 Å². The van der Waals surface area contributed by atoms with Crippen molar-refractivity contribution in [2.24, 2.45) is 11.7 Å². The molecule has 2 nitrogen and oxygen atoms in total. The highest BCUT2D eigenvalue weighted by Gasteiger charge is 2.18. The first-order chi connectivity index (χ1) is 9.15. The molecule has 0 aromatic heterocycles. The zero-order chi connectivity index (χ0) is 13.7. The van der Waals surface area contributed by atoms with Gasteiger partial charge >= 0.3 is 0 Å². The highest BCUT2D eigenvalue weighted by molar-refractivity contribution is 5.15. The summed E-state index contributed by atoms with van der Waals surface area (Å²) >= 11 is 0. The molecule has 0 amide bonds. The van der Waals surface area contributed by atoms with Gasteiger partial charge in [-0.25, -0.2) is 0 Å². The van der Waals surface area contributed by atoms with Gasteiger partial charge in [-0.2, -0.15) is 0 Å². The van der Waals surface area contributed by atoms with Crippen molar-refractivity contribution in [2.75, 3.05) is 6.54 Å². The van der Waals surface area contributed by atoms with E-state index in [1.54, 1.807) is 11.1 Å². The van der Waals surface area contributed by atoms with E-state index in [0.717, 1.165) is 24.9 Å². The minimum atomic E-state index is 0.423. The lowest BCUT2D eigenvalue weighted by Gasteiger charge is -2.27. The van der Waals surface area contributed by atoms with Gasteiger partial charge in [-0.3, -0.25) is 0 Å². The maximum atomic E-state index is 6.07. The Bertz CT molecular complexity index is 300. The lowest BCUT2D eigenvalue weighted by atomic mass is 9.86. The Balaban J connectivity index is 1.68. The van der Waals surface area contributed by atoms with E-state index in [9.17, 15) is 0 Å². The Morgan fingerprint density at radius 2 is 1.95 bits per heavy atom. The van der Waals surface area contributed by atoms with E-state index in [4.69, 9.17) is 5.73 Å². The van der Waals surface area contributed by atoms with Gasteiger partial charge in [0.25, 0.3) is 0 Å². The summed E-state index contributed by atoms with van der Waals surface area (Å²) in [6.45, 7) is 5.86. The Morgan fingerprint density at radius 3 is 2.63 bits per heavy atom. The first-order valence-electron chi connectivity index (χ1n) is 8.31. The molecular formula is C17H32N2. The van der Waals surface area contributed by atoms with Crippen LogP contribution >= 0.6 is 0 Å². The SMILES string of the molecule is C/C(CCN[C@H]1CC[C@H](C)CC1)=C1/CCCC(N)C1. The van der Waals surface area contributed by atoms with Crippen LogP contribution in [0.2, 0.25) is 0 Å². The van der Waals surface area contributed by atoms with E-state index >= 15 is 0 Å². The van der Waals surface area contributed by atoms with Gasteiger partial charge in [0.2, 0.25) is 0 Å².